The molecular weight excluding hydrogens is 344 g/mol. The molecule has 0 bridgehead atoms. The molecule has 2 fully saturated rings. The van der Waals surface area contributed by atoms with Crippen LogP contribution in [0.4, 0.5) is 5.82 Å². The summed E-state index contributed by atoms with van der Waals surface area (Å²) in [7, 11) is 3.56. The Bertz CT molecular complexity index is 1030. The Morgan fingerprint density at radius 1 is 1.26 bits per heavy atom. The smallest absolute Gasteiger partial charge is 0.228 e. The number of hydrogen-bond donors (Lipinski definition) is 1. The van der Waals surface area contributed by atoms with Crippen molar-refractivity contribution >= 4 is 22.6 Å². The number of carbonyl (C=O) groups is 1. The first-order chi connectivity index (χ1) is 13.2. The van der Waals surface area contributed by atoms with Gasteiger partial charge in [-0.1, -0.05) is 0 Å². The number of ether oxygens (including phenoxy) is 1. The molecule has 27 heavy (non-hydrogen) atoms. The van der Waals surface area contributed by atoms with Crippen LogP contribution in [0, 0.1) is 5.92 Å². The van der Waals surface area contributed by atoms with Crippen molar-refractivity contribution in [3.8, 4) is 17.1 Å². The molecule has 3 heterocycles. The molecule has 0 aromatic carbocycles. The van der Waals surface area contributed by atoms with Gasteiger partial charge in [-0.2, -0.15) is 10.2 Å². The Morgan fingerprint density at radius 3 is 2.74 bits per heavy atom. The van der Waals surface area contributed by atoms with Crippen molar-refractivity contribution in [1.29, 1.82) is 0 Å². The SMILES string of the molecule is COc1c(-c2nn(C)c3cnc(NC(=O)C4CC4)cc23)cnn1C1CCC1. The van der Waals surface area contributed by atoms with Gasteiger partial charge in [0.1, 0.15) is 11.5 Å². The quantitative estimate of drug-likeness (QED) is 0.750. The van der Waals surface area contributed by atoms with E-state index in [1.165, 1.54) is 6.42 Å². The molecule has 0 spiro atoms. The lowest BCUT2D eigenvalue weighted by Crippen LogP contribution is -2.18. The van der Waals surface area contributed by atoms with Gasteiger partial charge in [-0.15, -0.1) is 0 Å². The maximum absolute atomic E-state index is 12.1. The number of aromatic nitrogens is 5. The number of aryl methyl sites for hydroxylation is 1. The van der Waals surface area contributed by atoms with E-state index in [-0.39, 0.29) is 11.8 Å². The number of methoxy groups -OCH3 is 1. The van der Waals surface area contributed by atoms with Crippen molar-refractivity contribution in [2.75, 3.05) is 12.4 Å². The molecule has 3 aromatic heterocycles. The molecule has 0 unspecified atom stereocenters. The van der Waals surface area contributed by atoms with E-state index in [1.54, 1.807) is 18.0 Å². The van der Waals surface area contributed by atoms with Gasteiger partial charge >= 0.3 is 0 Å². The first-order valence-electron chi connectivity index (χ1n) is 9.41. The third-order valence-electron chi connectivity index (χ3n) is 5.55. The zero-order chi connectivity index (χ0) is 18.5. The van der Waals surface area contributed by atoms with Crippen molar-refractivity contribution in [2.24, 2.45) is 13.0 Å². The Balaban J connectivity index is 1.58. The molecule has 8 heteroatoms. The largest absolute Gasteiger partial charge is 0.481 e. The van der Waals surface area contributed by atoms with E-state index in [9.17, 15) is 4.79 Å². The molecule has 2 aliphatic carbocycles. The second-order valence-corrected chi connectivity index (χ2v) is 7.42. The Morgan fingerprint density at radius 2 is 2.07 bits per heavy atom. The van der Waals surface area contributed by atoms with Gasteiger partial charge in [0.05, 0.1) is 36.6 Å². The Kier molecular flexibility index (Phi) is 3.66. The minimum atomic E-state index is 0.0441. The minimum Gasteiger partial charge on any atom is -0.481 e. The van der Waals surface area contributed by atoms with Crippen LogP contribution < -0.4 is 10.1 Å². The molecule has 8 nitrogen and oxygen atoms in total. The van der Waals surface area contributed by atoms with E-state index in [2.05, 4.69) is 20.5 Å². The van der Waals surface area contributed by atoms with Crippen LogP contribution in [0.1, 0.15) is 38.1 Å². The third-order valence-corrected chi connectivity index (χ3v) is 5.55. The van der Waals surface area contributed by atoms with E-state index in [0.717, 1.165) is 53.7 Å². The normalized spacial score (nSPS) is 17.1. The summed E-state index contributed by atoms with van der Waals surface area (Å²) in [6, 6.07) is 2.29. The fourth-order valence-electron chi connectivity index (χ4n) is 3.60. The van der Waals surface area contributed by atoms with E-state index >= 15 is 0 Å². The van der Waals surface area contributed by atoms with Crippen LogP contribution in [0.2, 0.25) is 0 Å². The van der Waals surface area contributed by atoms with Crippen LogP contribution in [0.15, 0.2) is 18.5 Å². The van der Waals surface area contributed by atoms with Crippen molar-refractivity contribution in [1.82, 2.24) is 24.5 Å². The number of nitrogens with one attached hydrogen (secondary N) is 1. The van der Waals surface area contributed by atoms with Gasteiger partial charge in [-0.3, -0.25) is 9.48 Å². The summed E-state index contributed by atoms with van der Waals surface area (Å²) in [6.07, 6.45) is 8.97. The number of pyridine rings is 1. The van der Waals surface area contributed by atoms with Crippen molar-refractivity contribution in [3.05, 3.63) is 18.5 Å². The summed E-state index contributed by atoms with van der Waals surface area (Å²) in [5.41, 5.74) is 2.55. The Labute approximate surface area is 156 Å². The first-order valence-corrected chi connectivity index (χ1v) is 9.41. The summed E-state index contributed by atoms with van der Waals surface area (Å²) < 4.78 is 9.45. The number of rotatable bonds is 5. The maximum atomic E-state index is 12.1. The van der Waals surface area contributed by atoms with Crippen LogP contribution in [0.25, 0.3) is 22.2 Å². The van der Waals surface area contributed by atoms with Crippen LogP contribution in [-0.2, 0) is 11.8 Å². The molecule has 140 valence electrons. The summed E-state index contributed by atoms with van der Waals surface area (Å²) in [6.45, 7) is 0. The van der Waals surface area contributed by atoms with Gasteiger partial charge in [0, 0.05) is 18.4 Å². The summed E-state index contributed by atoms with van der Waals surface area (Å²) >= 11 is 0. The average Bonchev–Trinajstić information content (AvgIpc) is 3.32. The average molecular weight is 366 g/mol. The van der Waals surface area contributed by atoms with Crippen molar-refractivity contribution < 1.29 is 9.53 Å². The summed E-state index contributed by atoms with van der Waals surface area (Å²) in [4.78, 5) is 16.5. The highest BCUT2D eigenvalue weighted by atomic mass is 16.5. The highest BCUT2D eigenvalue weighted by Gasteiger charge is 2.30. The summed E-state index contributed by atoms with van der Waals surface area (Å²) in [5, 5.41) is 13.1. The topological polar surface area (TPSA) is 86.9 Å². The van der Waals surface area contributed by atoms with Gasteiger partial charge in [0.2, 0.25) is 11.8 Å². The van der Waals surface area contributed by atoms with Crippen LogP contribution in [0.3, 0.4) is 0 Å². The van der Waals surface area contributed by atoms with Crippen molar-refractivity contribution in [2.45, 2.75) is 38.1 Å². The lowest BCUT2D eigenvalue weighted by Gasteiger charge is -2.26. The second-order valence-electron chi connectivity index (χ2n) is 7.42. The van der Waals surface area contributed by atoms with Crippen LogP contribution in [0.5, 0.6) is 5.88 Å². The molecule has 0 saturated heterocycles. The van der Waals surface area contributed by atoms with Gasteiger partial charge in [0.15, 0.2) is 0 Å². The lowest BCUT2D eigenvalue weighted by atomic mass is 9.93. The molecule has 2 saturated carbocycles. The van der Waals surface area contributed by atoms with Gasteiger partial charge in [-0.05, 0) is 38.2 Å². The fraction of sp³-hybridized carbons (Fsp3) is 0.474. The van der Waals surface area contributed by atoms with E-state index in [4.69, 9.17) is 4.74 Å². The fourth-order valence-corrected chi connectivity index (χ4v) is 3.60. The van der Waals surface area contributed by atoms with E-state index < -0.39 is 0 Å². The number of carbonyl (C=O) groups excluding carboxylic acids is 1. The van der Waals surface area contributed by atoms with Crippen LogP contribution in [-0.4, -0.2) is 37.6 Å². The zero-order valence-corrected chi connectivity index (χ0v) is 15.5. The van der Waals surface area contributed by atoms with E-state index in [0.29, 0.717) is 11.9 Å². The molecular formula is C19H22N6O2. The van der Waals surface area contributed by atoms with E-state index in [1.807, 2.05) is 24.0 Å². The molecule has 2 aliphatic rings. The monoisotopic (exact) mass is 366 g/mol. The number of hydrogen-bond acceptors (Lipinski definition) is 5. The molecule has 0 radical (unpaired) electrons. The molecule has 0 aliphatic heterocycles. The number of anilines is 1. The van der Waals surface area contributed by atoms with Gasteiger partial charge < -0.3 is 10.1 Å². The summed E-state index contributed by atoms with van der Waals surface area (Å²) in [5.74, 6) is 1.47. The highest BCUT2D eigenvalue weighted by molar-refractivity contribution is 5.98. The molecule has 1 amide bonds. The molecule has 0 atom stereocenters. The standard InChI is InChI=1S/C19H22N6O2/c1-24-15-10-20-16(22-18(26)11-6-7-11)8-13(15)17(23-24)14-9-21-25(19(14)27-2)12-4-3-5-12/h8-12H,3-7H2,1-2H3,(H,20,22,26). The predicted octanol–water partition coefficient (Wildman–Crippen LogP) is 2.91. The Hall–Kier alpha value is -2.90. The highest BCUT2D eigenvalue weighted by Crippen LogP contribution is 2.40. The zero-order valence-electron chi connectivity index (χ0n) is 15.5. The third kappa shape index (κ3) is 2.67. The lowest BCUT2D eigenvalue weighted by molar-refractivity contribution is -0.117. The number of nitrogens with zero attached hydrogens (tertiary/aromatic N) is 5. The first kappa shape index (κ1) is 16.3. The van der Waals surface area contributed by atoms with Gasteiger partial charge in [0.25, 0.3) is 0 Å². The predicted molar refractivity (Wildman–Crippen MR) is 101 cm³/mol. The van der Waals surface area contributed by atoms with Crippen molar-refractivity contribution in [3.63, 3.8) is 0 Å². The number of fused-ring (bicyclic) bond motifs is 1. The van der Waals surface area contributed by atoms with Gasteiger partial charge in [-0.25, -0.2) is 9.67 Å². The second kappa shape index (κ2) is 6.07. The minimum absolute atomic E-state index is 0.0441. The maximum Gasteiger partial charge on any atom is 0.228 e. The van der Waals surface area contributed by atoms with Crippen LogP contribution >= 0.6 is 0 Å². The molecule has 3 aromatic rings. The molecule has 5 rings (SSSR count). The number of amides is 1. The molecule has 1 N–H and O–H groups in total.